The molecule has 2 rings (SSSR count). The van der Waals surface area contributed by atoms with Gasteiger partial charge in [-0.3, -0.25) is 24.6 Å². The minimum absolute atomic E-state index is 0.0719. The summed E-state index contributed by atoms with van der Waals surface area (Å²) in [5.74, 6) is -2.31. The third kappa shape index (κ3) is 8.61. The fraction of sp³-hybridized carbons (Fsp3) is 0.640. The van der Waals surface area contributed by atoms with Crippen molar-refractivity contribution in [3.8, 4) is 5.75 Å². The molecular weight excluding hydrogens is 438 g/mol. The zero-order valence-corrected chi connectivity index (χ0v) is 20.4. The van der Waals surface area contributed by atoms with Crippen molar-refractivity contribution < 1.29 is 29.3 Å². The highest BCUT2D eigenvalue weighted by Crippen LogP contribution is 2.31. The Labute approximate surface area is 202 Å². The van der Waals surface area contributed by atoms with Crippen LogP contribution >= 0.6 is 0 Å². The Kier molecular flexibility index (Phi) is 11.8. The molecule has 0 fully saturated rings. The molecule has 0 radical (unpaired) electrons. The zero-order valence-electron chi connectivity index (χ0n) is 20.4. The number of amides is 1. The third-order valence-electron chi connectivity index (χ3n) is 5.99. The van der Waals surface area contributed by atoms with Gasteiger partial charge in [0.05, 0.1) is 5.69 Å². The summed E-state index contributed by atoms with van der Waals surface area (Å²) >= 11 is 0. The minimum Gasteiger partial charge on any atom is -0.489 e. The highest BCUT2D eigenvalue weighted by Gasteiger charge is 2.35. The van der Waals surface area contributed by atoms with Crippen molar-refractivity contribution >= 4 is 23.5 Å². The quantitative estimate of drug-likeness (QED) is 0.311. The van der Waals surface area contributed by atoms with Crippen molar-refractivity contribution in [2.75, 3.05) is 37.7 Å². The maximum Gasteiger partial charge on any atom is 0.323 e. The van der Waals surface area contributed by atoms with Crippen LogP contribution in [0.5, 0.6) is 5.75 Å². The van der Waals surface area contributed by atoms with Crippen molar-refractivity contribution in [3.05, 3.63) is 24.3 Å². The summed E-state index contributed by atoms with van der Waals surface area (Å²) in [7, 11) is 0. The van der Waals surface area contributed by atoms with Crippen molar-refractivity contribution in [1.29, 1.82) is 0 Å². The number of carbonyl (C=O) groups is 3. The van der Waals surface area contributed by atoms with Crippen LogP contribution in [0, 0.1) is 0 Å². The van der Waals surface area contributed by atoms with Crippen LogP contribution in [0.25, 0.3) is 0 Å². The zero-order chi connectivity index (χ0) is 24.9. The minimum atomic E-state index is -1.16. The molecule has 9 nitrogen and oxygen atoms in total. The monoisotopic (exact) mass is 477 g/mol. The first-order valence-corrected chi connectivity index (χ1v) is 12.3. The summed E-state index contributed by atoms with van der Waals surface area (Å²) in [5.41, 5.74) is 0.366. The van der Waals surface area contributed by atoms with Crippen LogP contribution in [0.15, 0.2) is 24.3 Å². The Hall–Kier alpha value is -2.65. The van der Waals surface area contributed by atoms with Crippen LogP contribution in [0.3, 0.4) is 0 Å². The predicted octanol–water partition coefficient (Wildman–Crippen LogP) is 2.98. The molecule has 3 N–H and O–H groups in total. The lowest BCUT2D eigenvalue weighted by molar-refractivity contribution is -0.141. The molecule has 1 aromatic carbocycles. The SMILES string of the molecule is CCCCN(CCCC)CCCCC(N[C@H]1COc2ccccc2N(CC(=O)O)C1=O)C(=O)O. The number of fused-ring (bicyclic) bond motifs is 1. The van der Waals surface area contributed by atoms with Crippen LogP contribution in [-0.2, 0) is 14.4 Å². The Morgan fingerprint density at radius 2 is 1.74 bits per heavy atom. The van der Waals surface area contributed by atoms with Gasteiger partial charge in [-0.2, -0.15) is 0 Å². The number of hydrogen-bond acceptors (Lipinski definition) is 6. The molecule has 0 aliphatic carbocycles. The molecule has 1 unspecified atom stereocenters. The van der Waals surface area contributed by atoms with Gasteiger partial charge < -0.3 is 19.8 Å². The topological polar surface area (TPSA) is 119 Å². The smallest absolute Gasteiger partial charge is 0.323 e. The number of carboxylic acids is 2. The summed E-state index contributed by atoms with van der Waals surface area (Å²) in [5, 5.41) is 22.0. The third-order valence-corrected chi connectivity index (χ3v) is 5.99. The van der Waals surface area contributed by atoms with Crippen LogP contribution in [0.1, 0.15) is 58.8 Å². The number of hydrogen-bond donors (Lipinski definition) is 3. The van der Waals surface area contributed by atoms with Crippen molar-refractivity contribution in [3.63, 3.8) is 0 Å². The van der Waals surface area contributed by atoms with E-state index in [2.05, 4.69) is 24.1 Å². The first-order chi connectivity index (χ1) is 16.4. The number of carbonyl (C=O) groups excluding carboxylic acids is 1. The number of para-hydroxylation sites is 2. The van der Waals surface area contributed by atoms with Crippen molar-refractivity contribution in [2.45, 2.75) is 70.9 Å². The number of aliphatic carboxylic acids is 2. The number of ether oxygens (including phenoxy) is 1. The average molecular weight is 478 g/mol. The Bertz CT molecular complexity index is 795. The standard InChI is InChI=1S/C25H39N3O6/c1-3-5-14-27(15-6-4-2)16-10-9-11-19(25(32)33)26-20-18-34-22-13-8-7-12-21(22)28(24(20)31)17-23(29)30/h7-8,12-13,19-20,26H,3-6,9-11,14-18H2,1-2H3,(H,29,30)(H,32,33)/t19?,20-/m0/s1. The lowest BCUT2D eigenvalue weighted by Gasteiger charge is -2.26. The van der Waals surface area contributed by atoms with Gasteiger partial charge in [-0.1, -0.05) is 45.2 Å². The van der Waals surface area contributed by atoms with E-state index in [1.54, 1.807) is 24.3 Å². The van der Waals surface area contributed by atoms with E-state index in [1.807, 2.05) is 0 Å². The van der Waals surface area contributed by atoms with Gasteiger partial charge in [0.2, 0.25) is 5.91 Å². The molecule has 2 atom stereocenters. The van der Waals surface area contributed by atoms with E-state index in [9.17, 15) is 24.6 Å². The second-order valence-electron chi connectivity index (χ2n) is 8.75. The molecule has 0 saturated heterocycles. The van der Waals surface area contributed by atoms with Gasteiger partial charge in [0.15, 0.2) is 0 Å². The van der Waals surface area contributed by atoms with E-state index in [0.717, 1.165) is 56.6 Å². The maximum absolute atomic E-state index is 13.1. The van der Waals surface area contributed by atoms with Gasteiger partial charge in [0.1, 0.15) is 31.0 Å². The molecule has 1 aliphatic heterocycles. The van der Waals surface area contributed by atoms with E-state index >= 15 is 0 Å². The first-order valence-electron chi connectivity index (χ1n) is 12.3. The van der Waals surface area contributed by atoms with Gasteiger partial charge in [0, 0.05) is 0 Å². The average Bonchev–Trinajstić information content (AvgIpc) is 2.93. The molecule has 1 heterocycles. The van der Waals surface area contributed by atoms with Crippen LogP contribution in [-0.4, -0.2) is 77.8 Å². The lowest BCUT2D eigenvalue weighted by atomic mass is 10.1. The molecule has 1 amide bonds. The van der Waals surface area contributed by atoms with Crippen LogP contribution in [0.4, 0.5) is 5.69 Å². The van der Waals surface area contributed by atoms with Gasteiger partial charge in [-0.15, -0.1) is 0 Å². The van der Waals surface area contributed by atoms with Gasteiger partial charge in [-0.05, 0) is 57.5 Å². The molecule has 0 spiro atoms. The molecule has 9 heteroatoms. The van der Waals surface area contributed by atoms with Gasteiger partial charge in [0.25, 0.3) is 0 Å². The number of rotatable bonds is 16. The van der Waals surface area contributed by atoms with E-state index in [4.69, 9.17) is 4.74 Å². The summed E-state index contributed by atoms with van der Waals surface area (Å²) in [6, 6.07) is 4.83. The fourth-order valence-electron chi connectivity index (χ4n) is 4.07. The highest BCUT2D eigenvalue weighted by atomic mass is 16.5. The Balaban J connectivity index is 1.98. The second-order valence-corrected chi connectivity index (χ2v) is 8.75. The van der Waals surface area contributed by atoms with Gasteiger partial charge >= 0.3 is 11.9 Å². The molecule has 190 valence electrons. The Morgan fingerprint density at radius 3 is 2.35 bits per heavy atom. The normalized spacial score (nSPS) is 16.6. The molecule has 0 aromatic heterocycles. The number of benzene rings is 1. The number of nitrogens with zero attached hydrogens (tertiary/aromatic N) is 2. The molecule has 1 aliphatic rings. The number of nitrogens with one attached hydrogen (secondary N) is 1. The van der Waals surface area contributed by atoms with E-state index in [-0.39, 0.29) is 6.61 Å². The molecule has 1 aromatic rings. The molecular formula is C25H39N3O6. The molecule has 34 heavy (non-hydrogen) atoms. The largest absolute Gasteiger partial charge is 0.489 e. The molecule has 0 saturated carbocycles. The van der Waals surface area contributed by atoms with E-state index in [0.29, 0.717) is 24.3 Å². The van der Waals surface area contributed by atoms with E-state index < -0.39 is 36.5 Å². The first kappa shape index (κ1) is 27.6. The number of anilines is 1. The summed E-state index contributed by atoms with van der Waals surface area (Å²) in [6.45, 7) is 6.80. The lowest BCUT2D eigenvalue weighted by Crippen LogP contribution is -2.54. The number of unbranched alkanes of at least 4 members (excludes halogenated alkanes) is 3. The van der Waals surface area contributed by atoms with Crippen molar-refractivity contribution in [2.24, 2.45) is 0 Å². The molecule has 0 bridgehead atoms. The Morgan fingerprint density at radius 1 is 1.09 bits per heavy atom. The van der Waals surface area contributed by atoms with Crippen molar-refractivity contribution in [1.82, 2.24) is 10.2 Å². The maximum atomic E-state index is 13.1. The summed E-state index contributed by atoms with van der Waals surface area (Å²) in [6.07, 6.45) is 6.57. The fourth-order valence-corrected chi connectivity index (χ4v) is 4.07. The van der Waals surface area contributed by atoms with E-state index in [1.165, 1.54) is 0 Å². The predicted molar refractivity (Wildman–Crippen MR) is 130 cm³/mol. The summed E-state index contributed by atoms with van der Waals surface area (Å²) in [4.78, 5) is 40.0. The summed E-state index contributed by atoms with van der Waals surface area (Å²) < 4.78 is 5.74. The highest BCUT2D eigenvalue weighted by molar-refractivity contribution is 6.02. The van der Waals surface area contributed by atoms with Crippen LogP contribution < -0.4 is 15.0 Å². The number of carboxylic acid groups (broad SMARTS) is 2. The van der Waals surface area contributed by atoms with Gasteiger partial charge in [-0.25, -0.2) is 0 Å². The van der Waals surface area contributed by atoms with Crippen LogP contribution in [0.2, 0.25) is 0 Å². The second kappa shape index (κ2) is 14.6.